The quantitative estimate of drug-likeness (QED) is 0.712. The van der Waals surface area contributed by atoms with Gasteiger partial charge in [-0.3, -0.25) is 0 Å². The zero-order valence-corrected chi connectivity index (χ0v) is 12.0. The van der Waals surface area contributed by atoms with Crippen molar-refractivity contribution in [2.45, 2.75) is 26.4 Å². The number of benzene rings is 2. The van der Waals surface area contributed by atoms with Gasteiger partial charge in [-0.05, 0) is 55.8 Å². The van der Waals surface area contributed by atoms with Crippen LogP contribution in [-0.2, 0) is 6.54 Å². The number of hydrogen-bond acceptors (Lipinski definition) is 1. The van der Waals surface area contributed by atoms with Gasteiger partial charge >= 0.3 is 0 Å². The maximum atomic E-state index is 13.6. The first-order chi connectivity index (χ1) is 10.0. The van der Waals surface area contributed by atoms with E-state index in [4.69, 9.17) is 0 Å². The van der Waals surface area contributed by atoms with Crippen LogP contribution in [0.1, 0.15) is 30.5 Å². The van der Waals surface area contributed by atoms with E-state index in [0.29, 0.717) is 6.54 Å². The third kappa shape index (κ3) is 2.62. The lowest BCUT2D eigenvalue weighted by molar-refractivity contribution is 0.615. The Bertz CT molecular complexity index is 754. The Labute approximate surface area is 123 Å². The van der Waals surface area contributed by atoms with Gasteiger partial charge in [0, 0.05) is 23.7 Å². The highest BCUT2D eigenvalue weighted by atomic mass is 19.1. The van der Waals surface area contributed by atoms with Crippen LogP contribution in [0.2, 0.25) is 0 Å². The summed E-state index contributed by atoms with van der Waals surface area (Å²) in [5.41, 5.74) is 3.19. The van der Waals surface area contributed by atoms with Crippen LogP contribution in [0.15, 0.2) is 36.4 Å². The van der Waals surface area contributed by atoms with E-state index in [2.05, 4.69) is 11.8 Å². The minimum absolute atomic E-state index is 0.154. The first-order valence-electron chi connectivity index (χ1n) is 6.91. The van der Waals surface area contributed by atoms with Gasteiger partial charge in [0.2, 0.25) is 0 Å². The molecule has 106 valence electrons. The van der Waals surface area contributed by atoms with Crippen LogP contribution in [0.3, 0.4) is 0 Å². The number of anilines is 1. The molecule has 1 aliphatic heterocycles. The van der Waals surface area contributed by atoms with E-state index >= 15 is 0 Å². The molecule has 0 aliphatic carbocycles. The average molecular weight is 283 g/mol. The van der Waals surface area contributed by atoms with Crippen LogP contribution in [-0.4, -0.2) is 6.04 Å². The van der Waals surface area contributed by atoms with E-state index in [9.17, 15) is 8.78 Å². The molecule has 2 aromatic rings. The lowest BCUT2D eigenvalue weighted by atomic mass is 10.0. The van der Waals surface area contributed by atoms with Crippen molar-refractivity contribution in [2.24, 2.45) is 0 Å². The van der Waals surface area contributed by atoms with E-state index in [-0.39, 0.29) is 17.7 Å². The van der Waals surface area contributed by atoms with Gasteiger partial charge in [-0.1, -0.05) is 11.8 Å². The standard InChI is InChI=1S/C18H15F2N/c1-12(2)21-11-15-9-16(19)7-5-13(15)3-4-14-6-8-17(20)10-18(14)21/h5-10,12H,11H2,1-2H3. The molecule has 3 heteroatoms. The second kappa shape index (κ2) is 5.21. The average Bonchev–Trinajstić information content (AvgIpc) is 2.42. The van der Waals surface area contributed by atoms with Crippen LogP contribution in [0, 0.1) is 23.5 Å². The Morgan fingerprint density at radius 2 is 1.57 bits per heavy atom. The maximum Gasteiger partial charge on any atom is 0.125 e. The molecule has 1 nitrogen and oxygen atoms in total. The fourth-order valence-electron chi connectivity index (χ4n) is 2.53. The van der Waals surface area contributed by atoms with Gasteiger partial charge in [0.1, 0.15) is 11.6 Å². The molecule has 0 N–H and O–H groups in total. The van der Waals surface area contributed by atoms with E-state index < -0.39 is 0 Å². The van der Waals surface area contributed by atoms with Gasteiger partial charge in [-0.2, -0.15) is 0 Å². The molecule has 0 bridgehead atoms. The predicted octanol–water partition coefficient (Wildman–Crippen LogP) is 4.09. The third-order valence-electron chi connectivity index (χ3n) is 3.63. The summed E-state index contributed by atoms with van der Waals surface area (Å²) in [6.07, 6.45) is 0. The van der Waals surface area contributed by atoms with Crippen LogP contribution in [0.25, 0.3) is 0 Å². The lowest BCUT2D eigenvalue weighted by Gasteiger charge is -2.31. The monoisotopic (exact) mass is 283 g/mol. The molecular weight excluding hydrogens is 268 g/mol. The first-order valence-corrected chi connectivity index (χ1v) is 6.91. The smallest absolute Gasteiger partial charge is 0.125 e. The summed E-state index contributed by atoms with van der Waals surface area (Å²) in [6, 6.07) is 9.38. The number of fused-ring (bicyclic) bond motifs is 2. The Morgan fingerprint density at radius 3 is 2.29 bits per heavy atom. The van der Waals surface area contributed by atoms with E-state index in [1.165, 1.54) is 24.3 Å². The maximum absolute atomic E-state index is 13.6. The highest BCUT2D eigenvalue weighted by Gasteiger charge is 2.18. The van der Waals surface area contributed by atoms with E-state index in [1.807, 2.05) is 18.7 Å². The van der Waals surface area contributed by atoms with Crippen molar-refractivity contribution in [3.8, 4) is 11.8 Å². The summed E-state index contributed by atoms with van der Waals surface area (Å²) < 4.78 is 27.1. The summed E-state index contributed by atoms with van der Waals surface area (Å²) in [5, 5.41) is 0. The highest BCUT2D eigenvalue weighted by molar-refractivity contribution is 5.65. The molecular formula is C18H15F2N. The van der Waals surface area contributed by atoms with Crippen molar-refractivity contribution >= 4 is 5.69 Å². The summed E-state index contributed by atoms with van der Waals surface area (Å²) in [5.74, 6) is 5.56. The molecule has 0 radical (unpaired) electrons. The van der Waals surface area contributed by atoms with Gasteiger partial charge in [-0.15, -0.1) is 0 Å². The Hall–Kier alpha value is -2.34. The molecule has 0 spiro atoms. The molecule has 1 aliphatic rings. The van der Waals surface area contributed by atoms with Crippen LogP contribution in [0.4, 0.5) is 14.5 Å². The predicted molar refractivity (Wildman–Crippen MR) is 80.1 cm³/mol. The van der Waals surface area contributed by atoms with Gasteiger partial charge < -0.3 is 4.90 Å². The van der Waals surface area contributed by atoms with Crippen molar-refractivity contribution < 1.29 is 8.78 Å². The zero-order valence-electron chi connectivity index (χ0n) is 12.0. The van der Waals surface area contributed by atoms with Gasteiger partial charge in [-0.25, -0.2) is 8.78 Å². The highest BCUT2D eigenvalue weighted by Crippen LogP contribution is 2.28. The molecule has 21 heavy (non-hydrogen) atoms. The first kappa shape index (κ1) is 13.6. The van der Waals surface area contributed by atoms with Crippen LogP contribution >= 0.6 is 0 Å². The van der Waals surface area contributed by atoms with Crippen molar-refractivity contribution in [3.63, 3.8) is 0 Å². The Morgan fingerprint density at radius 1 is 0.952 bits per heavy atom. The fourth-order valence-corrected chi connectivity index (χ4v) is 2.53. The largest absolute Gasteiger partial charge is 0.364 e. The molecule has 1 heterocycles. The van der Waals surface area contributed by atoms with Crippen molar-refractivity contribution in [2.75, 3.05) is 4.90 Å². The summed E-state index contributed by atoms with van der Waals surface area (Å²) in [6.45, 7) is 4.57. The summed E-state index contributed by atoms with van der Waals surface area (Å²) in [7, 11) is 0. The molecule has 0 amide bonds. The normalized spacial score (nSPS) is 12.9. The Balaban J connectivity index is 2.22. The van der Waals surface area contributed by atoms with Gasteiger partial charge in [0.15, 0.2) is 0 Å². The minimum Gasteiger partial charge on any atom is -0.364 e. The number of nitrogens with zero attached hydrogens (tertiary/aromatic N) is 1. The molecule has 0 saturated heterocycles. The topological polar surface area (TPSA) is 3.24 Å². The molecule has 0 atom stereocenters. The molecule has 2 aromatic carbocycles. The van der Waals surface area contributed by atoms with Crippen LogP contribution in [0.5, 0.6) is 0 Å². The lowest BCUT2D eigenvalue weighted by Crippen LogP contribution is -2.31. The van der Waals surface area contributed by atoms with Crippen LogP contribution < -0.4 is 4.90 Å². The number of hydrogen-bond donors (Lipinski definition) is 0. The second-order valence-corrected chi connectivity index (χ2v) is 5.43. The Kier molecular flexibility index (Phi) is 3.39. The molecule has 0 aromatic heterocycles. The molecule has 0 unspecified atom stereocenters. The summed E-state index contributed by atoms with van der Waals surface area (Å²) >= 11 is 0. The van der Waals surface area contributed by atoms with E-state index in [0.717, 1.165) is 22.4 Å². The SMILES string of the molecule is CC(C)N1Cc2cc(F)ccc2C#Cc2ccc(F)cc21. The van der Waals surface area contributed by atoms with Gasteiger partial charge in [0.25, 0.3) is 0 Å². The zero-order chi connectivity index (χ0) is 15.0. The number of rotatable bonds is 1. The molecule has 0 fully saturated rings. The molecule has 0 saturated carbocycles. The number of halogens is 2. The third-order valence-corrected chi connectivity index (χ3v) is 3.63. The van der Waals surface area contributed by atoms with Crippen molar-refractivity contribution in [1.82, 2.24) is 0 Å². The van der Waals surface area contributed by atoms with E-state index in [1.54, 1.807) is 12.1 Å². The molecule has 3 rings (SSSR count). The fraction of sp³-hybridized carbons (Fsp3) is 0.222. The van der Waals surface area contributed by atoms with Gasteiger partial charge in [0.05, 0.1) is 5.69 Å². The second-order valence-electron chi connectivity index (χ2n) is 5.43. The van der Waals surface area contributed by atoms with Crippen molar-refractivity contribution in [3.05, 3.63) is 64.7 Å². The summed E-state index contributed by atoms with van der Waals surface area (Å²) in [4.78, 5) is 2.05. The van der Waals surface area contributed by atoms with Crippen molar-refractivity contribution in [1.29, 1.82) is 0 Å². The minimum atomic E-state index is -0.291.